The Morgan fingerprint density at radius 2 is 1.43 bits per heavy atom. The number of rotatable bonds is 3. The zero-order chi connectivity index (χ0) is 15.5. The fourth-order valence-electron chi connectivity index (χ4n) is 3.04. The van der Waals surface area contributed by atoms with Gasteiger partial charge in [0, 0.05) is 18.0 Å². The van der Waals surface area contributed by atoms with Gasteiger partial charge in [0.2, 0.25) is 0 Å². The van der Waals surface area contributed by atoms with Crippen LogP contribution in [-0.4, -0.2) is 4.98 Å². The summed E-state index contributed by atoms with van der Waals surface area (Å²) in [7, 11) is 0. The van der Waals surface area contributed by atoms with Gasteiger partial charge in [-0.15, -0.1) is 0 Å². The van der Waals surface area contributed by atoms with E-state index in [1.165, 1.54) is 33.0 Å². The van der Waals surface area contributed by atoms with Crippen LogP contribution < -0.4 is 0 Å². The Labute approximate surface area is 136 Å². The number of benzene rings is 3. The second-order valence-corrected chi connectivity index (χ2v) is 5.76. The van der Waals surface area contributed by atoms with E-state index in [1.54, 1.807) is 0 Å². The minimum atomic E-state index is 0.898. The first-order valence-corrected chi connectivity index (χ1v) is 7.86. The van der Waals surface area contributed by atoms with Gasteiger partial charge in [0.1, 0.15) is 0 Å². The quantitative estimate of drug-likeness (QED) is 0.487. The summed E-state index contributed by atoms with van der Waals surface area (Å²) in [5.74, 6) is 0. The molecule has 1 heteroatoms. The molecule has 0 N–H and O–H groups in total. The molecule has 0 saturated heterocycles. The van der Waals surface area contributed by atoms with Crippen molar-refractivity contribution in [2.45, 2.75) is 6.42 Å². The molecule has 1 aromatic heterocycles. The Kier molecular flexibility index (Phi) is 3.61. The zero-order valence-electron chi connectivity index (χ0n) is 12.8. The van der Waals surface area contributed by atoms with Crippen LogP contribution in [0.25, 0.3) is 21.9 Å². The monoisotopic (exact) mass is 295 g/mol. The van der Waals surface area contributed by atoms with Crippen molar-refractivity contribution in [3.05, 3.63) is 102 Å². The van der Waals surface area contributed by atoms with Gasteiger partial charge in [0.25, 0.3) is 0 Å². The van der Waals surface area contributed by atoms with Crippen LogP contribution in [0.3, 0.4) is 0 Å². The van der Waals surface area contributed by atoms with Gasteiger partial charge in [-0.1, -0.05) is 72.8 Å². The Hall–Kier alpha value is -2.93. The molecule has 0 aliphatic heterocycles. The van der Waals surface area contributed by atoms with Crippen LogP contribution in [0.15, 0.2) is 91.3 Å². The number of fused-ring (bicyclic) bond motifs is 1. The molecule has 0 atom stereocenters. The van der Waals surface area contributed by atoms with Crippen molar-refractivity contribution in [2.24, 2.45) is 0 Å². The Morgan fingerprint density at radius 1 is 0.652 bits per heavy atom. The molecule has 0 unspecified atom stereocenters. The van der Waals surface area contributed by atoms with Crippen LogP contribution in [0, 0.1) is 0 Å². The van der Waals surface area contributed by atoms with E-state index in [2.05, 4.69) is 77.8 Å². The van der Waals surface area contributed by atoms with Crippen LogP contribution in [0.2, 0.25) is 0 Å². The first-order valence-electron chi connectivity index (χ1n) is 7.86. The molecule has 4 rings (SSSR count). The van der Waals surface area contributed by atoms with E-state index >= 15 is 0 Å². The maximum Gasteiger partial charge on any atom is 0.0346 e. The molecule has 0 aliphatic carbocycles. The Balaban J connectivity index is 1.72. The number of pyridine rings is 1. The molecule has 0 radical (unpaired) electrons. The highest BCUT2D eigenvalue weighted by molar-refractivity contribution is 5.86. The minimum Gasteiger partial charge on any atom is -0.264 e. The maximum atomic E-state index is 4.44. The van der Waals surface area contributed by atoms with E-state index in [0.29, 0.717) is 0 Å². The van der Waals surface area contributed by atoms with Crippen LogP contribution in [0.5, 0.6) is 0 Å². The van der Waals surface area contributed by atoms with E-state index in [0.717, 1.165) is 6.42 Å². The molecule has 0 amide bonds. The average Bonchev–Trinajstić information content (AvgIpc) is 2.63. The van der Waals surface area contributed by atoms with Crippen molar-refractivity contribution in [3.8, 4) is 11.1 Å². The molecule has 23 heavy (non-hydrogen) atoms. The molecule has 0 spiro atoms. The highest BCUT2D eigenvalue weighted by atomic mass is 14.6. The standard InChI is InChI=1S/C22H17N/c1-2-7-18(8-3-1)21-14-17(15-23-16-21)13-20-11-6-10-19-9-4-5-12-22(19)20/h1-12,14-16H,13H2. The topological polar surface area (TPSA) is 12.9 Å². The summed E-state index contributed by atoms with van der Waals surface area (Å²) in [6, 6.07) is 27.7. The fourth-order valence-corrected chi connectivity index (χ4v) is 3.04. The number of aromatic nitrogens is 1. The lowest BCUT2D eigenvalue weighted by Crippen LogP contribution is -1.92. The van der Waals surface area contributed by atoms with E-state index in [1.807, 2.05) is 18.5 Å². The van der Waals surface area contributed by atoms with E-state index in [-0.39, 0.29) is 0 Å². The lowest BCUT2D eigenvalue weighted by atomic mass is 9.98. The normalized spacial score (nSPS) is 10.8. The molecule has 3 aromatic carbocycles. The largest absolute Gasteiger partial charge is 0.264 e. The Bertz CT molecular complexity index is 937. The molecular formula is C22H17N. The van der Waals surface area contributed by atoms with Gasteiger partial charge in [0.05, 0.1) is 0 Å². The van der Waals surface area contributed by atoms with Gasteiger partial charge in [-0.05, 0) is 39.9 Å². The number of hydrogen-bond acceptors (Lipinski definition) is 1. The van der Waals surface area contributed by atoms with Crippen molar-refractivity contribution in [3.63, 3.8) is 0 Å². The third-order valence-electron chi connectivity index (χ3n) is 4.18. The lowest BCUT2D eigenvalue weighted by Gasteiger charge is -2.08. The first kappa shape index (κ1) is 13.7. The second kappa shape index (κ2) is 6.05. The van der Waals surface area contributed by atoms with Crippen molar-refractivity contribution in [1.29, 1.82) is 0 Å². The van der Waals surface area contributed by atoms with Gasteiger partial charge in [-0.2, -0.15) is 0 Å². The van der Waals surface area contributed by atoms with Crippen molar-refractivity contribution in [2.75, 3.05) is 0 Å². The highest BCUT2D eigenvalue weighted by Gasteiger charge is 2.04. The maximum absolute atomic E-state index is 4.44. The minimum absolute atomic E-state index is 0.898. The summed E-state index contributed by atoms with van der Waals surface area (Å²) in [6.45, 7) is 0. The fraction of sp³-hybridized carbons (Fsp3) is 0.0455. The summed E-state index contributed by atoms with van der Waals surface area (Å²) < 4.78 is 0. The lowest BCUT2D eigenvalue weighted by molar-refractivity contribution is 1.16. The van der Waals surface area contributed by atoms with Crippen LogP contribution in [-0.2, 0) is 6.42 Å². The highest BCUT2D eigenvalue weighted by Crippen LogP contribution is 2.23. The third kappa shape index (κ3) is 2.86. The van der Waals surface area contributed by atoms with Crippen molar-refractivity contribution < 1.29 is 0 Å². The number of nitrogens with zero attached hydrogens (tertiary/aromatic N) is 1. The molecule has 1 nitrogen and oxygen atoms in total. The predicted octanol–water partition coefficient (Wildman–Crippen LogP) is 5.49. The van der Waals surface area contributed by atoms with E-state index in [4.69, 9.17) is 0 Å². The van der Waals surface area contributed by atoms with Gasteiger partial charge >= 0.3 is 0 Å². The molecule has 1 heterocycles. The summed E-state index contributed by atoms with van der Waals surface area (Å²) in [5, 5.41) is 2.61. The van der Waals surface area contributed by atoms with Crippen LogP contribution in [0.4, 0.5) is 0 Å². The summed E-state index contributed by atoms with van der Waals surface area (Å²) in [4.78, 5) is 4.44. The summed E-state index contributed by atoms with van der Waals surface area (Å²) in [5.41, 5.74) is 4.96. The van der Waals surface area contributed by atoms with Crippen LogP contribution in [0.1, 0.15) is 11.1 Å². The molecular weight excluding hydrogens is 278 g/mol. The van der Waals surface area contributed by atoms with E-state index < -0.39 is 0 Å². The SMILES string of the molecule is c1ccc(-c2cncc(Cc3cccc4ccccc34)c2)cc1. The molecule has 4 aromatic rings. The summed E-state index contributed by atoms with van der Waals surface area (Å²) >= 11 is 0. The number of hydrogen-bond donors (Lipinski definition) is 0. The second-order valence-electron chi connectivity index (χ2n) is 5.76. The van der Waals surface area contributed by atoms with E-state index in [9.17, 15) is 0 Å². The molecule has 110 valence electrons. The zero-order valence-corrected chi connectivity index (χ0v) is 12.8. The average molecular weight is 295 g/mol. The molecule has 0 aliphatic rings. The molecule has 0 fully saturated rings. The molecule has 0 bridgehead atoms. The Morgan fingerprint density at radius 3 is 2.35 bits per heavy atom. The molecule has 0 saturated carbocycles. The van der Waals surface area contributed by atoms with Gasteiger partial charge in [-0.3, -0.25) is 4.98 Å². The van der Waals surface area contributed by atoms with Crippen molar-refractivity contribution in [1.82, 2.24) is 4.98 Å². The summed E-state index contributed by atoms with van der Waals surface area (Å²) in [6.07, 6.45) is 4.80. The van der Waals surface area contributed by atoms with Crippen molar-refractivity contribution >= 4 is 10.8 Å². The van der Waals surface area contributed by atoms with Gasteiger partial charge < -0.3 is 0 Å². The third-order valence-corrected chi connectivity index (χ3v) is 4.18. The van der Waals surface area contributed by atoms with Gasteiger partial charge in [-0.25, -0.2) is 0 Å². The van der Waals surface area contributed by atoms with Gasteiger partial charge in [0.15, 0.2) is 0 Å². The predicted molar refractivity (Wildman–Crippen MR) is 96.4 cm³/mol. The van der Waals surface area contributed by atoms with Crippen LogP contribution >= 0.6 is 0 Å². The smallest absolute Gasteiger partial charge is 0.0346 e. The first-order chi connectivity index (χ1) is 11.4.